The summed E-state index contributed by atoms with van der Waals surface area (Å²) in [5.74, 6) is -7.25. The lowest BCUT2D eigenvalue weighted by Crippen LogP contribution is -2.64. The molecule has 16 heteroatoms. The van der Waals surface area contributed by atoms with Crippen LogP contribution in [0.15, 0.2) is 24.3 Å². The van der Waals surface area contributed by atoms with Crippen LogP contribution in [0.4, 0.5) is 0 Å². The van der Waals surface area contributed by atoms with Crippen LogP contribution in [0.3, 0.4) is 0 Å². The van der Waals surface area contributed by atoms with Crippen LogP contribution in [0.2, 0.25) is 0 Å². The number of nitrogens with two attached hydrogens (primary N) is 1. The van der Waals surface area contributed by atoms with Crippen LogP contribution >= 0.6 is 0 Å². The lowest BCUT2D eigenvalue weighted by atomic mass is 9.60. The normalized spacial score (nSPS) is 37.7. The number of hydrogen-bond donors (Lipinski definition) is 6. The summed E-state index contributed by atoms with van der Waals surface area (Å²) in [6.07, 6.45) is -8.55. The number of phenols is 1. The molecule has 45 heavy (non-hydrogen) atoms. The third kappa shape index (κ3) is 4.44. The zero-order valence-corrected chi connectivity index (χ0v) is 24.3. The van der Waals surface area contributed by atoms with E-state index in [4.69, 9.17) is 48.4 Å². The van der Waals surface area contributed by atoms with E-state index in [0.29, 0.717) is 0 Å². The number of hydrogen-bond acceptors (Lipinski definition) is 16. The highest BCUT2D eigenvalue weighted by atomic mass is 16.8. The van der Waals surface area contributed by atoms with Crippen molar-refractivity contribution in [2.75, 3.05) is 27.6 Å². The molecule has 0 amide bonds. The number of carbonyl (C=O) groups is 1. The fraction of sp³-hybridized carbons (Fsp3) is 0.552. The molecule has 2 aromatic carbocycles. The van der Waals surface area contributed by atoms with Crippen LogP contribution in [-0.2, 0) is 34.0 Å². The Balaban J connectivity index is 1.40. The summed E-state index contributed by atoms with van der Waals surface area (Å²) in [5.41, 5.74) is 5.91. The van der Waals surface area contributed by atoms with E-state index < -0.39 is 72.4 Å². The van der Waals surface area contributed by atoms with Gasteiger partial charge in [0.05, 0.1) is 44.3 Å². The third-order valence-electron chi connectivity index (χ3n) is 9.13. The van der Waals surface area contributed by atoms with Gasteiger partial charge < -0.3 is 73.9 Å². The van der Waals surface area contributed by atoms with Gasteiger partial charge in [0.15, 0.2) is 35.6 Å². The van der Waals surface area contributed by atoms with Gasteiger partial charge in [0.1, 0.15) is 24.4 Å². The molecule has 4 heterocycles. The molecular weight excluding hydrogens is 602 g/mol. The maximum absolute atomic E-state index is 13.6. The van der Waals surface area contributed by atoms with Gasteiger partial charge in [-0.3, -0.25) is 4.79 Å². The fourth-order valence-corrected chi connectivity index (χ4v) is 6.98. The van der Waals surface area contributed by atoms with Crippen molar-refractivity contribution in [2.24, 2.45) is 17.6 Å². The van der Waals surface area contributed by atoms with E-state index >= 15 is 0 Å². The summed E-state index contributed by atoms with van der Waals surface area (Å²) in [5, 5.41) is 55.0. The summed E-state index contributed by atoms with van der Waals surface area (Å²) >= 11 is 0. The summed E-state index contributed by atoms with van der Waals surface area (Å²) in [6, 6.07) is 5.82. The quantitative estimate of drug-likeness (QED) is 0.172. The number of rotatable bonds is 5. The Hall–Kier alpha value is -3.45. The van der Waals surface area contributed by atoms with Crippen LogP contribution in [0.1, 0.15) is 29.7 Å². The van der Waals surface area contributed by atoms with Crippen LogP contribution in [0, 0.1) is 11.8 Å². The molecule has 0 radical (unpaired) electrons. The number of methoxy groups -OCH3 is 2. The van der Waals surface area contributed by atoms with Gasteiger partial charge in [0.25, 0.3) is 0 Å². The predicted octanol–water partition coefficient (Wildman–Crippen LogP) is -0.953. The molecule has 3 fully saturated rings. The lowest BCUT2D eigenvalue weighted by molar-refractivity contribution is -0.381. The van der Waals surface area contributed by atoms with Gasteiger partial charge in [-0.15, -0.1) is 0 Å². The minimum Gasteiger partial charge on any atom is -0.502 e. The summed E-state index contributed by atoms with van der Waals surface area (Å²) in [7, 11) is 2.63. The maximum Gasteiger partial charge on any atom is 0.331 e. The summed E-state index contributed by atoms with van der Waals surface area (Å²) in [4.78, 5) is 13.6. The molecule has 7 N–H and O–H groups in total. The van der Waals surface area contributed by atoms with E-state index in [0.717, 1.165) is 0 Å². The van der Waals surface area contributed by atoms with Gasteiger partial charge >= 0.3 is 11.9 Å². The second-order valence-corrected chi connectivity index (χ2v) is 11.6. The molecule has 10 atom stereocenters. The van der Waals surface area contributed by atoms with Crippen molar-refractivity contribution < 1.29 is 73.0 Å². The Morgan fingerprint density at radius 3 is 2.31 bits per heavy atom. The minimum atomic E-state index is -3.12. The standard InChI is InChI=1S/C29H33NO15/c1-10-39-8-18-25(42-10)22(32)23(33)27(43-18)44-24-12-6-14-15(41-9-40-14)7-13(12)28(30,20-19(24)29(35,36)45-26(20)34)11-4-16(37-2)21(31)17(5-11)38-3/h4-7,10,18-20,22-25,27,31-33,35-36H,8-9,30H2,1-3H3. The maximum atomic E-state index is 13.6. The molecule has 5 aliphatic rings. The van der Waals surface area contributed by atoms with Crippen molar-refractivity contribution in [3.63, 3.8) is 0 Å². The first-order valence-corrected chi connectivity index (χ1v) is 14.2. The first-order chi connectivity index (χ1) is 21.4. The van der Waals surface area contributed by atoms with Crippen molar-refractivity contribution in [1.29, 1.82) is 0 Å². The molecule has 3 saturated heterocycles. The molecule has 244 valence electrons. The Kier molecular flexibility index (Phi) is 7.08. The number of aliphatic hydroxyl groups excluding tert-OH is 2. The summed E-state index contributed by atoms with van der Waals surface area (Å²) < 4.78 is 50.3. The highest BCUT2D eigenvalue weighted by molar-refractivity contribution is 5.81. The first-order valence-electron chi connectivity index (χ1n) is 14.2. The van der Waals surface area contributed by atoms with Crippen LogP contribution < -0.4 is 24.7 Å². The molecule has 0 saturated carbocycles. The number of benzene rings is 2. The largest absolute Gasteiger partial charge is 0.502 e. The first kappa shape index (κ1) is 30.2. The number of cyclic esters (lactones) is 1. The van der Waals surface area contributed by atoms with Gasteiger partial charge in [-0.2, -0.15) is 0 Å². The highest BCUT2D eigenvalue weighted by Gasteiger charge is 2.69. The van der Waals surface area contributed by atoms with Gasteiger partial charge in [-0.1, -0.05) is 0 Å². The van der Waals surface area contributed by atoms with Gasteiger partial charge in [-0.25, -0.2) is 0 Å². The molecule has 16 nitrogen and oxygen atoms in total. The van der Waals surface area contributed by atoms with E-state index in [9.17, 15) is 30.3 Å². The minimum absolute atomic E-state index is 0.0173. The van der Waals surface area contributed by atoms with E-state index in [1.807, 2.05) is 0 Å². The van der Waals surface area contributed by atoms with Gasteiger partial charge in [0, 0.05) is 0 Å². The van der Waals surface area contributed by atoms with E-state index in [1.165, 1.54) is 38.5 Å². The van der Waals surface area contributed by atoms with Gasteiger partial charge in [-0.05, 0) is 47.9 Å². The molecule has 7 rings (SSSR count). The molecule has 1 aliphatic carbocycles. The third-order valence-corrected chi connectivity index (χ3v) is 9.13. The Morgan fingerprint density at radius 1 is 0.978 bits per heavy atom. The zero-order valence-electron chi connectivity index (χ0n) is 24.3. The Labute approximate surface area is 255 Å². The van der Waals surface area contributed by atoms with E-state index in [2.05, 4.69) is 0 Å². The Bertz CT molecular complexity index is 1490. The second-order valence-electron chi connectivity index (χ2n) is 11.6. The summed E-state index contributed by atoms with van der Waals surface area (Å²) in [6.45, 7) is 1.53. The van der Waals surface area contributed by atoms with Crippen LogP contribution in [-0.4, -0.2) is 102 Å². The molecule has 2 aromatic rings. The average Bonchev–Trinajstić information content (AvgIpc) is 3.57. The van der Waals surface area contributed by atoms with Gasteiger partial charge in [0.2, 0.25) is 12.5 Å². The molecule has 0 spiro atoms. The van der Waals surface area contributed by atoms with Crippen molar-refractivity contribution in [3.05, 3.63) is 41.0 Å². The topological polar surface area (TPSA) is 227 Å². The second kappa shape index (κ2) is 10.5. The van der Waals surface area contributed by atoms with Crippen LogP contribution in [0.5, 0.6) is 28.7 Å². The smallest absolute Gasteiger partial charge is 0.331 e. The number of phenolic OH excluding ortho intramolecular Hbond substituents is 1. The van der Waals surface area contributed by atoms with E-state index in [-0.39, 0.29) is 58.8 Å². The number of carbonyl (C=O) groups excluding carboxylic acids is 1. The average molecular weight is 636 g/mol. The number of aromatic hydroxyl groups is 1. The monoisotopic (exact) mass is 635 g/mol. The fourth-order valence-electron chi connectivity index (χ4n) is 6.98. The Morgan fingerprint density at radius 2 is 1.64 bits per heavy atom. The molecular formula is C29H33NO15. The molecule has 10 unspecified atom stereocenters. The molecule has 0 bridgehead atoms. The number of esters is 1. The lowest BCUT2D eigenvalue weighted by Gasteiger charge is -2.50. The SMILES string of the molecule is COc1cc(C2(N)c3cc4c(cc3C(OC3OC5COC(C)OC5C(O)C3O)C3C2C(=O)OC3(O)O)OCO4)cc(OC)c1O. The predicted molar refractivity (Wildman–Crippen MR) is 144 cm³/mol. The van der Waals surface area contributed by atoms with Crippen molar-refractivity contribution in [3.8, 4) is 28.7 Å². The van der Waals surface area contributed by atoms with Crippen molar-refractivity contribution in [2.45, 2.75) is 61.5 Å². The van der Waals surface area contributed by atoms with Crippen LogP contribution in [0.25, 0.3) is 0 Å². The molecule has 4 aliphatic heterocycles. The highest BCUT2D eigenvalue weighted by Crippen LogP contribution is 2.60. The number of ether oxygens (including phenoxy) is 9. The van der Waals surface area contributed by atoms with Crippen molar-refractivity contribution >= 4 is 5.97 Å². The number of aliphatic hydroxyl groups is 4. The molecule has 0 aromatic heterocycles. The number of fused-ring (bicyclic) bond motifs is 4. The van der Waals surface area contributed by atoms with E-state index in [1.54, 1.807) is 6.92 Å². The zero-order chi connectivity index (χ0) is 32.0. The van der Waals surface area contributed by atoms with Crippen molar-refractivity contribution in [1.82, 2.24) is 0 Å².